The lowest BCUT2D eigenvalue weighted by molar-refractivity contribution is 0.0995. The van der Waals surface area contributed by atoms with Crippen LogP contribution in [0.2, 0.25) is 0 Å². The molecule has 0 saturated heterocycles. The summed E-state index contributed by atoms with van der Waals surface area (Å²) in [4.78, 5) is 18.0. The molecule has 1 rings (SSSR count). The molecule has 1 heterocycles. The van der Waals surface area contributed by atoms with Gasteiger partial charge in [-0.05, 0) is 22.6 Å². The molecule has 0 radical (unpaired) electrons. The number of amides is 1. The van der Waals surface area contributed by atoms with Gasteiger partial charge in [0.1, 0.15) is 9.39 Å². The number of nitrogens with zero attached hydrogens (tertiary/aromatic N) is 2. The zero-order valence-corrected chi connectivity index (χ0v) is 7.07. The highest BCUT2D eigenvalue weighted by molar-refractivity contribution is 14.1. The average Bonchev–Trinajstić information content (AvgIpc) is 1.88. The number of hydrogen-bond donors (Lipinski definition) is 1. The molecule has 2 N–H and O–H groups in total. The first-order valence-electron chi connectivity index (χ1n) is 2.47. The van der Waals surface area contributed by atoms with Crippen LogP contribution in [0, 0.1) is 3.70 Å². The van der Waals surface area contributed by atoms with Crippen molar-refractivity contribution in [3.63, 3.8) is 0 Å². The van der Waals surface area contributed by atoms with Crippen molar-refractivity contribution in [1.29, 1.82) is 0 Å². The second kappa shape index (κ2) is 2.91. The van der Waals surface area contributed by atoms with E-state index in [9.17, 15) is 4.79 Å². The lowest BCUT2D eigenvalue weighted by Crippen LogP contribution is -2.13. The van der Waals surface area contributed by atoms with Crippen LogP contribution < -0.4 is 5.73 Å². The number of halogens is 1. The predicted octanol–water partition coefficient (Wildman–Crippen LogP) is 0.180. The molecule has 1 amide bonds. The van der Waals surface area contributed by atoms with E-state index >= 15 is 0 Å². The van der Waals surface area contributed by atoms with E-state index in [-0.39, 0.29) is 5.69 Å². The molecule has 0 fully saturated rings. The van der Waals surface area contributed by atoms with Crippen LogP contribution in [0.15, 0.2) is 12.4 Å². The Bertz CT molecular complexity index is 263. The molecule has 0 spiro atoms. The quantitative estimate of drug-likeness (QED) is 0.722. The fourth-order valence-corrected chi connectivity index (χ4v) is 0.882. The Hall–Kier alpha value is -0.720. The fourth-order valence-electron chi connectivity index (χ4n) is 0.461. The largest absolute Gasteiger partial charge is 0.364 e. The van der Waals surface area contributed by atoms with Gasteiger partial charge in [0.25, 0.3) is 5.91 Å². The molecule has 10 heavy (non-hydrogen) atoms. The first-order chi connectivity index (χ1) is 4.70. The smallest absolute Gasteiger partial charge is 0.268 e. The zero-order chi connectivity index (χ0) is 7.56. The number of carbonyl (C=O) groups excluding carboxylic acids is 1. The van der Waals surface area contributed by atoms with Gasteiger partial charge in [0, 0.05) is 0 Å². The summed E-state index contributed by atoms with van der Waals surface area (Å²) >= 11 is 1.96. The average molecular weight is 249 g/mol. The van der Waals surface area contributed by atoms with E-state index in [1.165, 1.54) is 6.20 Å². The second-order valence-electron chi connectivity index (χ2n) is 1.59. The summed E-state index contributed by atoms with van der Waals surface area (Å²) in [6.45, 7) is 0. The topological polar surface area (TPSA) is 68.9 Å². The van der Waals surface area contributed by atoms with Crippen LogP contribution in [0.3, 0.4) is 0 Å². The lowest BCUT2D eigenvalue weighted by atomic mass is 10.4. The number of primary amides is 1. The summed E-state index contributed by atoms with van der Waals surface area (Å²) in [7, 11) is 0. The van der Waals surface area contributed by atoms with Gasteiger partial charge in [-0.25, -0.2) is 4.98 Å². The normalized spacial score (nSPS) is 9.30. The molecule has 5 heteroatoms. The maximum Gasteiger partial charge on any atom is 0.268 e. The molecule has 0 aliphatic heterocycles. The van der Waals surface area contributed by atoms with E-state index < -0.39 is 5.91 Å². The van der Waals surface area contributed by atoms with Crippen LogP contribution >= 0.6 is 22.6 Å². The predicted molar refractivity (Wildman–Crippen MR) is 43.3 cm³/mol. The molecule has 0 bridgehead atoms. The highest BCUT2D eigenvalue weighted by Crippen LogP contribution is 1.97. The Morgan fingerprint density at radius 2 is 2.30 bits per heavy atom. The summed E-state index contributed by atoms with van der Waals surface area (Å²) < 4.78 is 0.661. The third kappa shape index (κ3) is 1.63. The summed E-state index contributed by atoms with van der Waals surface area (Å²) in [5.41, 5.74) is 5.14. The SMILES string of the molecule is NC(=O)c1cncc(I)n1. The Kier molecular flexibility index (Phi) is 2.15. The van der Waals surface area contributed by atoms with Gasteiger partial charge in [-0.15, -0.1) is 0 Å². The molecule has 0 saturated carbocycles. The Balaban J connectivity index is 3.07. The minimum absolute atomic E-state index is 0.201. The molecule has 0 aliphatic carbocycles. The minimum atomic E-state index is -0.550. The second-order valence-corrected chi connectivity index (χ2v) is 2.70. The van der Waals surface area contributed by atoms with Crippen LogP contribution in [0.1, 0.15) is 10.5 Å². The molecular weight excluding hydrogens is 245 g/mol. The third-order valence-corrected chi connectivity index (χ3v) is 1.38. The maximum absolute atomic E-state index is 10.5. The van der Waals surface area contributed by atoms with Crippen molar-refractivity contribution in [2.45, 2.75) is 0 Å². The van der Waals surface area contributed by atoms with Gasteiger partial charge < -0.3 is 5.73 Å². The number of rotatable bonds is 1. The Labute approximate surface area is 71.0 Å². The molecule has 4 nitrogen and oxygen atoms in total. The molecule has 1 aromatic heterocycles. The Morgan fingerprint density at radius 1 is 1.60 bits per heavy atom. The summed E-state index contributed by atoms with van der Waals surface area (Å²) in [5, 5.41) is 0. The number of nitrogens with two attached hydrogens (primary N) is 1. The monoisotopic (exact) mass is 249 g/mol. The lowest BCUT2D eigenvalue weighted by Gasteiger charge is -1.91. The number of aromatic nitrogens is 2. The Morgan fingerprint density at radius 3 is 2.70 bits per heavy atom. The van der Waals surface area contributed by atoms with E-state index in [0.29, 0.717) is 3.70 Å². The van der Waals surface area contributed by atoms with E-state index in [0.717, 1.165) is 0 Å². The van der Waals surface area contributed by atoms with Gasteiger partial charge in [0.05, 0.1) is 12.4 Å². The van der Waals surface area contributed by atoms with Crippen LogP contribution in [0.25, 0.3) is 0 Å². The van der Waals surface area contributed by atoms with Gasteiger partial charge in [0.15, 0.2) is 0 Å². The van der Waals surface area contributed by atoms with E-state index in [1.807, 2.05) is 22.6 Å². The highest BCUT2D eigenvalue weighted by Gasteiger charge is 2.00. The molecule has 0 atom stereocenters. The van der Waals surface area contributed by atoms with Crippen LogP contribution in [0.4, 0.5) is 0 Å². The van der Waals surface area contributed by atoms with Crippen molar-refractivity contribution in [2.75, 3.05) is 0 Å². The van der Waals surface area contributed by atoms with Crippen molar-refractivity contribution < 1.29 is 4.79 Å². The third-order valence-electron chi connectivity index (χ3n) is 0.858. The van der Waals surface area contributed by atoms with Gasteiger partial charge in [0.2, 0.25) is 0 Å². The summed E-state index contributed by atoms with van der Waals surface area (Å²) in [6.07, 6.45) is 2.89. The molecule has 0 unspecified atom stereocenters. The number of hydrogen-bond acceptors (Lipinski definition) is 3. The molecule has 0 aromatic carbocycles. The van der Waals surface area contributed by atoms with E-state index in [2.05, 4.69) is 9.97 Å². The van der Waals surface area contributed by atoms with E-state index in [1.54, 1.807) is 6.20 Å². The highest BCUT2D eigenvalue weighted by atomic mass is 127. The van der Waals surface area contributed by atoms with Gasteiger partial charge in [-0.2, -0.15) is 0 Å². The van der Waals surface area contributed by atoms with Crippen molar-refractivity contribution in [1.82, 2.24) is 9.97 Å². The van der Waals surface area contributed by atoms with Crippen molar-refractivity contribution in [2.24, 2.45) is 5.73 Å². The van der Waals surface area contributed by atoms with Crippen molar-refractivity contribution >= 4 is 28.5 Å². The fraction of sp³-hybridized carbons (Fsp3) is 0. The van der Waals surface area contributed by atoms with Crippen LogP contribution in [0.5, 0.6) is 0 Å². The molecule has 52 valence electrons. The maximum atomic E-state index is 10.5. The molecular formula is C5H4IN3O. The van der Waals surface area contributed by atoms with Crippen LogP contribution in [-0.2, 0) is 0 Å². The summed E-state index contributed by atoms with van der Waals surface area (Å²) in [6, 6.07) is 0. The summed E-state index contributed by atoms with van der Waals surface area (Å²) in [5.74, 6) is -0.550. The first-order valence-corrected chi connectivity index (χ1v) is 3.55. The van der Waals surface area contributed by atoms with Gasteiger partial charge in [-0.3, -0.25) is 9.78 Å². The van der Waals surface area contributed by atoms with Crippen molar-refractivity contribution in [3.05, 3.63) is 21.8 Å². The first kappa shape index (κ1) is 7.39. The standard InChI is InChI=1S/C5H4IN3O/c6-4-2-8-1-3(9-4)5(7)10/h1-2H,(H2,7,10). The van der Waals surface area contributed by atoms with Gasteiger partial charge >= 0.3 is 0 Å². The zero-order valence-electron chi connectivity index (χ0n) is 4.91. The molecule has 0 aliphatic rings. The molecule has 1 aromatic rings. The van der Waals surface area contributed by atoms with Crippen LogP contribution in [-0.4, -0.2) is 15.9 Å². The van der Waals surface area contributed by atoms with Gasteiger partial charge in [-0.1, -0.05) is 0 Å². The van der Waals surface area contributed by atoms with E-state index in [4.69, 9.17) is 5.73 Å². The minimum Gasteiger partial charge on any atom is -0.364 e. The number of carbonyl (C=O) groups is 1. The van der Waals surface area contributed by atoms with Crippen molar-refractivity contribution in [3.8, 4) is 0 Å².